The van der Waals surface area contributed by atoms with Gasteiger partial charge in [0.15, 0.2) is 5.96 Å². The fourth-order valence-corrected chi connectivity index (χ4v) is 3.27. The second kappa shape index (κ2) is 11.1. The molecule has 1 saturated heterocycles. The molecular formula is C17H24ClIN8O2. The zero-order valence-corrected chi connectivity index (χ0v) is 19.1. The lowest BCUT2D eigenvalue weighted by Gasteiger charge is -2.20. The van der Waals surface area contributed by atoms with Crippen molar-refractivity contribution in [3.8, 4) is 0 Å². The number of halogens is 2. The van der Waals surface area contributed by atoms with E-state index in [2.05, 4.69) is 30.6 Å². The van der Waals surface area contributed by atoms with Crippen LogP contribution in [0.5, 0.6) is 0 Å². The number of nitrogens with zero attached hydrogens (tertiary/aromatic N) is 6. The first-order valence-corrected chi connectivity index (χ1v) is 9.51. The van der Waals surface area contributed by atoms with Gasteiger partial charge in [-0.25, -0.2) is 4.98 Å². The molecule has 2 N–H and O–H groups in total. The number of nitrogens with one attached hydrogen (secondary N) is 2. The van der Waals surface area contributed by atoms with E-state index in [1.165, 1.54) is 17.1 Å². The Kier molecular flexibility index (Phi) is 8.89. The van der Waals surface area contributed by atoms with Crippen molar-refractivity contribution in [3.63, 3.8) is 0 Å². The lowest BCUT2D eigenvalue weighted by atomic mass is 10.3. The number of aromatic nitrogens is 3. The van der Waals surface area contributed by atoms with Crippen LogP contribution >= 0.6 is 35.6 Å². The number of nitro groups is 1. The van der Waals surface area contributed by atoms with Gasteiger partial charge >= 0.3 is 5.69 Å². The largest absolute Gasteiger partial charge is 0.357 e. The van der Waals surface area contributed by atoms with Gasteiger partial charge in [-0.15, -0.1) is 24.0 Å². The van der Waals surface area contributed by atoms with Crippen LogP contribution in [-0.2, 0) is 6.54 Å². The third kappa shape index (κ3) is 6.42. The highest BCUT2D eigenvalue weighted by atomic mass is 127. The maximum absolute atomic E-state index is 10.7. The fourth-order valence-electron chi connectivity index (χ4n) is 3.03. The van der Waals surface area contributed by atoms with Crippen LogP contribution in [0.1, 0.15) is 13.3 Å². The summed E-state index contributed by atoms with van der Waals surface area (Å²) < 4.78 is 1.52. The highest BCUT2D eigenvalue weighted by Crippen LogP contribution is 2.25. The number of aliphatic imine (C=N–C) groups is 1. The second-order valence-corrected chi connectivity index (χ2v) is 6.77. The van der Waals surface area contributed by atoms with Gasteiger partial charge in [0, 0.05) is 31.9 Å². The molecule has 0 amide bonds. The summed E-state index contributed by atoms with van der Waals surface area (Å²) in [4.78, 5) is 21.3. The number of anilines is 1. The molecule has 1 aliphatic rings. The van der Waals surface area contributed by atoms with Gasteiger partial charge in [0.2, 0.25) is 0 Å². The van der Waals surface area contributed by atoms with Crippen LogP contribution in [0.15, 0.2) is 35.7 Å². The number of rotatable bonds is 7. The normalized spacial score (nSPS) is 16.4. The molecule has 2 aromatic rings. The van der Waals surface area contributed by atoms with E-state index < -0.39 is 4.92 Å². The van der Waals surface area contributed by atoms with E-state index in [1.54, 1.807) is 6.20 Å². The Morgan fingerprint density at radius 3 is 3.03 bits per heavy atom. The zero-order valence-electron chi connectivity index (χ0n) is 16.0. The van der Waals surface area contributed by atoms with Gasteiger partial charge in [-0.2, -0.15) is 5.10 Å². The average Bonchev–Trinajstić information content (AvgIpc) is 3.32. The summed E-state index contributed by atoms with van der Waals surface area (Å²) in [6.07, 6.45) is 5.33. The van der Waals surface area contributed by atoms with E-state index in [9.17, 15) is 10.1 Å². The van der Waals surface area contributed by atoms with Crippen LogP contribution in [0.25, 0.3) is 0 Å². The Bertz CT molecular complexity index is 846. The molecule has 0 radical (unpaired) electrons. The van der Waals surface area contributed by atoms with Crippen molar-refractivity contribution in [2.24, 2.45) is 4.99 Å². The monoisotopic (exact) mass is 534 g/mol. The van der Waals surface area contributed by atoms with Crippen LogP contribution in [0, 0.1) is 10.1 Å². The quantitative estimate of drug-likeness (QED) is 0.184. The Morgan fingerprint density at radius 2 is 2.34 bits per heavy atom. The summed E-state index contributed by atoms with van der Waals surface area (Å²) in [6.45, 7) is 5.31. The lowest BCUT2D eigenvalue weighted by molar-refractivity contribution is -0.385. The van der Waals surface area contributed by atoms with Gasteiger partial charge in [-0.3, -0.25) is 19.8 Å². The van der Waals surface area contributed by atoms with Crippen molar-refractivity contribution in [1.29, 1.82) is 0 Å². The van der Waals surface area contributed by atoms with E-state index >= 15 is 0 Å². The van der Waals surface area contributed by atoms with Crippen LogP contribution in [0.4, 0.5) is 11.5 Å². The third-order valence-electron chi connectivity index (χ3n) is 4.34. The lowest BCUT2D eigenvalue weighted by Crippen LogP contribution is -2.44. The molecule has 10 nitrogen and oxygen atoms in total. The minimum atomic E-state index is -0.460. The van der Waals surface area contributed by atoms with Crippen LogP contribution in [0.3, 0.4) is 0 Å². The number of hydrogen-bond acceptors (Lipinski definition) is 6. The van der Waals surface area contributed by atoms with Gasteiger partial charge in [0.1, 0.15) is 18.2 Å². The molecule has 2 aromatic heterocycles. The van der Waals surface area contributed by atoms with Crippen molar-refractivity contribution in [3.05, 3.63) is 45.9 Å². The van der Waals surface area contributed by atoms with E-state index in [0.29, 0.717) is 24.1 Å². The Balaban J connectivity index is 0.00000300. The number of guanidine groups is 1. The van der Waals surface area contributed by atoms with Gasteiger partial charge in [0.25, 0.3) is 0 Å². The summed E-state index contributed by atoms with van der Waals surface area (Å²) in [7, 11) is 0. The molecule has 0 aromatic carbocycles. The summed E-state index contributed by atoms with van der Waals surface area (Å²) in [5.41, 5.74) is -0.0201. The average molecular weight is 535 g/mol. The SMILES string of the molecule is CCNC(=NCCn1cc([N+](=O)[O-])cn1)NC1CCN(c2ncccc2Cl)C1.I. The van der Waals surface area contributed by atoms with Gasteiger partial charge in [0.05, 0.1) is 23.0 Å². The van der Waals surface area contributed by atoms with Crippen LogP contribution < -0.4 is 15.5 Å². The number of hydrogen-bond donors (Lipinski definition) is 2. The van der Waals surface area contributed by atoms with Gasteiger partial charge in [-0.05, 0) is 25.5 Å². The first-order valence-electron chi connectivity index (χ1n) is 9.14. The molecule has 3 heterocycles. The van der Waals surface area contributed by atoms with E-state index in [0.717, 1.165) is 31.9 Å². The molecule has 0 aliphatic carbocycles. The smallest absolute Gasteiger partial charge is 0.306 e. The van der Waals surface area contributed by atoms with Crippen LogP contribution in [-0.4, -0.2) is 57.9 Å². The maximum atomic E-state index is 10.7. The predicted octanol–water partition coefficient (Wildman–Crippen LogP) is 2.29. The minimum Gasteiger partial charge on any atom is -0.357 e. The molecular weight excluding hydrogens is 511 g/mol. The Hall–Kier alpha value is -2.15. The van der Waals surface area contributed by atoms with E-state index in [4.69, 9.17) is 11.6 Å². The summed E-state index contributed by atoms with van der Waals surface area (Å²) in [5, 5.41) is 22.0. The van der Waals surface area contributed by atoms with Crippen molar-refractivity contribution in [1.82, 2.24) is 25.4 Å². The molecule has 1 aliphatic heterocycles. The van der Waals surface area contributed by atoms with E-state index in [1.807, 2.05) is 19.1 Å². The van der Waals surface area contributed by atoms with Crippen molar-refractivity contribution < 1.29 is 4.92 Å². The van der Waals surface area contributed by atoms with Crippen molar-refractivity contribution in [2.45, 2.75) is 25.9 Å². The molecule has 12 heteroatoms. The minimum absolute atomic E-state index is 0. The second-order valence-electron chi connectivity index (χ2n) is 6.36. The molecule has 29 heavy (non-hydrogen) atoms. The molecule has 0 saturated carbocycles. The third-order valence-corrected chi connectivity index (χ3v) is 4.64. The highest BCUT2D eigenvalue weighted by Gasteiger charge is 2.25. The van der Waals surface area contributed by atoms with Crippen molar-refractivity contribution in [2.75, 3.05) is 31.1 Å². The summed E-state index contributed by atoms with van der Waals surface area (Å²) in [5.74, 6) is 1.51. The van der Waals surface area contributed by atoms with E-state index in [-0.39, 0.29) is 35.7 Å². The molecule has 3 rings (SSSR count). The highest BCUT2D eigenvalue weighted by molar-refractivity contribution is 14.0. The van der Waals surface area contributed by atoms with Crippen LogP contribution in [0.2, 0.25) is 5.02 Å². The Labute approximate surface area is 190 Å². The molecule has 0 bridgehead atoms. The molecule has 1 atom stereocenters. The topological polar surface area (TPSA) is 114 Å². The maximum Gasteiger partial charge on any atom is 0.306 e. The zero-order chi connectivity index (χ0) is 19.9. The van der Waals surface area contributed by atoms with Crippen molar-refractivity contribution >= 4 is 53.0 Å². The summed E-state index contributed by atoms with van der Waals surface area (Å²) >= 11 is 6.24. The first kappa shape index (κ1) is 23.1. The molecule has 1 unspecified atom stereocenters. The standard InChI is InChI=1S/C17H23ClN8O2.HI/c1-2-19-17(21-7-9-25-12-14(10-22-25)26(27)28)23-13-5-8-24(11-13)16-15(18)4-3-6-20-16;/h3-4,6,10,12-13H,2,5,7-9,11H2,1H3,(H2,19,21,23);1H. The molecule has 0 spiro atoms. The fraction of sp³-hybridized carbons (Fsp3) is 0.471. The predicted molar refractivity (Wildman–Crippen MR) is 123 cm³/mol. The van der Waals surface area contributed by atoms with Gasteiger partial charge in [-0.1, -0.05) is 11.6 Å². The number of pyridine rings is 1. The van der Waals surface area contributed by atoms with Gasteiger partial charge < -0.3 is 15.5 Å². The molecule has 1 fully saturated rings. The molecule has 158 valence electrons. The Morgan fingerprint density at radius 1 is 1.52 bits per heavy atom. The summed E-state index contributed by atoms with van der Waals surface area (Å²) in [6, 6.07) is 3.89. The first-order chi connectivity index (χ1) is 13.6.